The fourth-order valence-corrected chi connectivity index (χ4v) is 8.34. The van der Waals surface area contributed by atoms with Crippen molar-refractivity contribution in [3.63, 3.8) is 0 Å². The van der Waals surface area contributed by atoms with E-state index in [0.29, 0.717) is 12.0 Å². The van der Waals surface area contributed by atoms with Crippen molar-refractivity contribution in [2.24, 2.45) is 0 Å². The molecule has 2 heterocycles. The van der Waals surface area contributed by atoms with Gasteiger partial charge in [-0.05, 0) is 36.1 Å². The first kappa shape index (κ1) is 59.4. The average molecular weight is 971 g/mol. The maximum absolute atomic E-state index is 14.1. The van der Waals surface area contributed by atoms with Gasteiger partial charge in [0.15, 0.2) is 0 Å². The summed E-state index contributed by atoms with van der Waals surface area (Å²) in [4.78, 5) is 47.5. The Kier molecular flexibility index (Phi) is 26.4. The van der Waals surface area contributed by atoms with Crippen LogP contribution in [-0.4, -0.2) is 50.1 Å². The summed E-state index contributed by atoms with van der Waals surface area (Å²) < 4.78 is 77.6. The van der Waals surface area contributed by atoms with Crippen molar-refractivity contribution >= 4 is 45.6 Å². The number of hydrogen-bond donors (Lipinski definition) is 3. The number of rotatable bonds is 27. The molecule has 5 aromatic rings. The minimum absolute atomic E-state index is 0. The Morgan fingerprint density at radius 3 is 1.28 bits per heavy atom. The second-order valence-electron chi connectivity index (χ2n) is 17.3. The molecule has 15 heteroatoms. The SMILES string of the molecule is C.C.CCCCCCCCCCn1cc(CC(NC(C)=O)C(=O)O)c2ccccc21.CCCCCCCCCCn1cc(CC(NC(C)=O)C(=O)Oc2c(F)c(F)c(F)c(F)c2F)c2ccccc21. The van der Waals surface area contributed by atoms with Gasteiger partial charge in [-0.2, -0.15) is 8.78 Å². The second-order valence-corrected chi connectivity index (χ2v) is 17.3. The number of unbranched alkanes of at least 4 members (excludes halogenated alkanes) is 14. The van der Waals surface area contributed by atoms with Crippen molar-refractivity contribution < 1.29 is 51.0 Å². The van der Waals surface area contributed by atoms with E-state index >= 15 is 0 Å². The van der Waals surface area contributed by atoms with E-state index in [4.69, 9.17) is 0 Å². The second kappa shape index (κ2) is 30.7. The molecule has 0 aliphatic heterocycles. The lowest BCUT2D eigenvalue weighted by atomic mass is 10.0. The number of carbonyl (C=O) groups excluding carboxylic acids is 3. The molecule has 69 heavy (non-hydrogen) atoms. The van der Waals surface area contributed by atoms with Crippen molar-refractivity contribution in [3.8, 4) is 5.75 Å². The Balaban J connectivity index is 0.000000484. The molecule has 2 amide bonds. The molecule has 0 spiro atoms. The van der Waals surface area contributed by atoms with Gasteiger partial charge in [-0.3, -0.25) is 9.59 Å². The predicted octanol–water partition coefficient (Wildman–Crippen LogP) is 13.3. The van der Waals surface area contributed by atoms with E-state index < -0.39 is 64.8 Å². The number of carbonyl (C=O) groups is 4. The number of aliphatic carboxylic acids is 1. The molecule has 2 aromatic heterocycles. The number of nitrogens with zero attached hydrogens (tertiary/aromatic N) is 2. The van der Waals surface area contributed by atoms with Crippen LogP contribution in [0, 0.1) is 29.1 Å². The fraction of sp³-hybridized carbons (Fsp3) is 0.519. The Hall–Kier alpha value is -5.73. The summed E-state index contributed by atoms with van der Waals surface area (Å²) in [6, 6.07) is 13.2. The van der Waals surface area contributed by atoms with Crippen LogP contribution in [0.1, 0.15) is 156 Å². The normalized spacial score (nSPS) is 11.8. The zero-order valence-electron chi connectivity index (χ0n) is 39.3. The summed E-state index contributed by atoms with van der Waals surface area (Å²) in [5.41, 5.74) is 3.66. The summed E-state index contributed by atoms with van der Waals surface area (Å²) in [6.07, 6.45) is 23.6. The molecular formula is C54H75F5N4O6. The van der Waals surface area contributed by atoms with Gasteiger partial charge in [0, 0.05) is 74.0 Å². The standard InChI is InChI=1S/C29H33F5N2O3.C23H34N2O3.2CH4/c1-3-4-5-6-7-8-9-12-15-36-17-19(20-13-10-11-14-22(20)36)16-21(35-18(2)37)29(38)39-28-26(33)24(31)23(30)25(32)27(28)34;1-3-4-5-6-7-8-9-12-15-25-17-19(20-13-10-11-14-22(20)25)16-21(23(27)28)24-18(2)26;;/h10-11,13-14,17,21H,3-9,12,15-16H2,1-2H3,(H,35,37);10-11,13-14,17,21H,3-9,12,15-16H2,1-2H3,(H,24,26)(H,27,28);2*1H4. The van der Waals surface area contributed by atoms with Crippen LogP contribution in [0.25, 0.3) is 21.8 Å². The third kappa shape index (κ3) is 17.9. The van der Waals surface area contributed by atoms with Gasteiger partial charge in [-0.25, -0.2) is 22.8 Å². The molecule has 0 radical (unpaired) electrons. The van der Waals surface area contributed by atoms with Gasteiger partial charge < -0.3 is 29.6 Å². The Bertz CT molecular complexity index is 2370. The summed E-state index contributed by atoms with van der Waals surface area (Å²) >= 11 is 0. The maximum Gasteiger partial charge on any atom is 0.334 e. The van der Waals surface area contributed by atoms with Crippen LogP contribution in [0.2, 0.25) is 0 Å². The molecule has 2 unspecified atom stereocenters. The van der Waals surface area contributed by atoms with Crippen LogP contribution in [0.5, 0.6) is 5.75 Å². The van der Waals surface area contributed by atoms with Gasteiger partial charge >= 0.3 is 11.9 Å². The lowest BCUT2D eigenvalue weighted by Crippen LogP contribution is -2.43. The minimum atomic E-state index is -2.37. The number of fused-ring (bicyclic) bond motifs is 2. The number of benzene rings is 3. The van der Waals surface area contributed by atoms with Crippen molar-refractivity contribution in [1.82, 2.24) is 19.8 Å². The molecule has 0 saturated heterocycles. The number of para-hydroxylation sites is 2. The molecule has 3 N–H and O–H groups in total. The zero-order chi connectivity index (χ0) is 48.9. The molecule has 0 bridgehead atoms. The Morgan fingerprint density at radius 1 is 0.536 bits per heavy atom. The lowest BCUT2D eigenvalue weighted by Gasteiger charge is -2.17. The largest absolute Gasteiger partial charge is 0.480 e. The third-order valence-corrected chi connectivity index (χ3v) is 11.8. The quantitative estimate of drug-likeness (QED) is 0.0120. The monoisotopic (exact) mass is 971 g/mol. The minimum Gasteiger partial charge on any atom is -0.480 e. The van der Waals surface area contributed by atoms with Gasteiger partial charge in [-0.1, -0.05) is 155 Å². The van der Waals surface area contributed by atoms with E-state index in [9.17, 15) is 46.2 Å². The highest BCUT2D eigenvalue weighted by Crippen LogP contribution is 2.30. The summed E-state index contributed by atoms with van der Waals surface area (Å²) in [5.74, 6) is -16.5. The highest BCUT2D eigenvalue weighted by molar-refractivity contribution is 5.88. The summed E-state index contributed by atoms with van der Waals surface area (Å²) in [6.45, 7) is 8.57. The summed E-state index contributed by atoms with van der Waals surface area (Å²) in [5, 5.41) is 16.2. The van der Waals surface area contributed by atoms with Crippen molar-refractivity contribution in [3.05, 3.63) is 101 Å². The number of ether oxygens (including phenoxy) is 1. The molecule has 3 aromatic carbocycles. The van der Waals surface area contributed by atoms with E-state index in [0.717, 1.165) is 73.1 Å². The van der Waals surface area contributed by atoms with Gasteiger partial charge in [0.05, 0.1) is 0 Å². The number of halogens is 5. The number of hydrogen-bond acceptors (Lipinski definition) is 5. The molecular weight excluding hydrogens is 896 g/mol. The van der Waals surface area contributed by atoms with Crippen molar-refractivity contribution in [1.29, 1.82) is 0 Å². The van der Waals surface area contributed by atoms with E-state index in [1.165, 1.54) is 84.0 Å². The number of esters is 1. The van der Waals surface area contributed by atoms with E-state index in [2.05, 4.69) is 46.0 Å². The number of aryl methyl sites for hydroxylation is 2. The number of aromatic nitrogens is 2. The van der Waals surface area contributed by atoms with Crippen LogP contribution in [0.3, 0.4) is 0 Å². The lowest BCUT2D eigenvalue weighted by molar-refractivity contribution is -0.141. The molecule has 0 fully saturated rings. The van der Waals surface area contributed by atoms with Crippen LogP contribution in [0.15, 0.2) is 60.9 Å². The molecule has 0 aliphatic carbocycles. The smallest absolute Gasteiger partial charge is 0.334 e. The first-order valence-corrected chi connectivity index (χ1v) is 23.8. The topological polar surface area (TPSA) is 132 Å². The third-order valence-electron chi connectivity index (χ3n) is 11.8. The van der Waals surface area contributed by atoms with Gasteiger partial charge in [-0.15, -0.1) is 0 Å². The van der Waals surface area contributed by atoms with E-state index in [1.807, 2.05) is 53.2 Å². The molecule has 2 atom stereocenters. The molecule has 0 saturated carbocycles. The first-order chi connectivity index (χ1) is 32.2. The molecule has 0 aliphatic rings. The van der Waals surface area contributed by atoms with Crippen LogP contribution >= 0.6 is 0 Å². The van der Waals surface area contributed by atoms with Crippen LogP contribution in [-0.2, 0) is 45.1 Å². The number of carboxylic acid groups (broad SMARTS) is 1. The van der Waals surface area contributed by atoms with E-state index in [-0.39, 0.29) is 27.2 Å². The number of carboxylic acids is 1. The van der Waals surface area contributed by atoms with E-state index in [1.54, 1.807) is 0 Å². The fourth-order valence-electron chi connectivity index (χ4n) is 8.34. The predicted molar refractivity (Wildman–Crippen MR) is 265 cm³/mol. The van der Waals surface area contributed by atoms with Gasteiger partial charge in [0.1, 0.15) is 12.1 Å². The van der Waals surface area contributed by atoms with Gasteiger partial charge in [0.2, 0.25) is 46.6 Å². The molecule has 10 nitrogen and oxygen atoms in total. The summed E-state index contributed by atoms with van der Waals surface area (Å²) in [7, 11) is 0. The number of nitrogens with one attached hydrogen (secondary N) is 2. The highest BCUT2D eigenvalue weighted by Gasteiger charge is 2.32. The Morgan fingerprint density at radius 2 is 0.884 bits per heavy atom. The average Bonchev–Trinajstić information content (AvgIpc) is 3.84. The van der Waals surface area contributed by atoms with Crippen LogP contribution < -0.4 is 15.4 Å². The van der Waals surface area contributed by atoms with Crippen molar-refractivity contribution in [2.75, 3.05) is 0 Å². The highest BCUT2D eigenvalue weighted by atomic mass is 19.2. The van der Waals surface area contributed by atoms with Crippen molar-refractivity contribution in [2.45, 2.75) is 183 Å². The molecule has 5 rings (SSSR count). The number of amides is 2. The first-order valence-electron chi connectivity index (χ1n) is 23.8. The van der Waals surface area contributed by atoms with Crippen LogP contribution in [0.4, 0.5) is 22.0 Å². The molecule has 382 valence electrons. The zero-order valence-corrected chi connectivity index (χ0v) is 39.3. The van der Waals surface area contributed by atoms with Gasteiger partial charge in [0.25, 0.3) is 0 Å². The maximum atomic E-state index is 14.1. The Labute approximate surface area is 405 Å².